The molecule has 2 heteroatoms. The number of carbonyl (C=O) groups excluding carboxylic acids is 2. The molecule has 0 saturated heterocycles. The summed E-state index contributed by atoms with van der Waals surface area (Å²) in [4.78, 5) is 23.8. The van der Waals surface area contributed by atoms with Gasteiger partial charge < -0.3 is 0 Å². The highest BCUT2D eigenvalue weighted by molar-refractivity contribution is 6.22. The summed E-state index contributed by atoms with van der Waals surface area (Å²) in [6.07, 6.45) is 0.419. The molecule has 0 fully saturated rings. The Balaban J connectivity index is 2.15. The Bertz CT molecular complexity index is 890. The summed E-state index contributed by atoms with van der Waals surface area (Å²) >= 11 is 0. The molecule has 1 aliphatic rings. The standard InChI is InChI=1S/C18H12O2/c19-13-9-12-6-7-15-14-4-2-1-3-11(14)5-8-16(15)18(12)17(20)10-13/h1-8H,9-10H2. The zero-order valence-corrected chi connectivity index (χ0v) is 10.8. The lowest BCUT2D eigenvalue weighted by molar-refractivity contribution is -0.117. The fraction of sp³-hybridized carbons (Fsp3) is 0.111. The summed E-state index contributed by atoms with van der Waals surface area (Å²) in [5, 5.41) is 4.38. The molecule has 0 spiro atoms. The Kier molecular flexibility index (Phi) is 2.27. The van der Waals surface area contributed by atoms with Crippen molar-refractivity contribution in [2.45, 2.75) is 12.8 Å². The summed E-state index contributed by atoms with van der Waals surface area (Å²) < 4.78 is 0. The predicted octanol–water partition coefficient (Wildman–Crippen LogP) is 3.69. The van der Waals surface area contributed by atoms with Crippen LogP contribution in [-0.4, -0.2) is 11.6 Å². The summed E-state index contributed by atoms with van der Waals surface area (Å²) in [6.45, 7) is 0. The van der Waals surface area contributed by atoms with Gasteiger partial charge in [0.2, 0.25) is 0 Å². The maximum absolute atomic E-state index is 12.2. The van der Waals surface area contributed by atoms with Gasteiger partial charge in [-0.3, -0.25) is 9.59 Å². The molecule has 0 radical (unpaired) electrons. The first-order valence-corrected chi connectivity index (χ1v) is 6.72. The quantitative estimate of drug-likeness (QED) is 0.456. The molecule has 0 amide bonds. The second kappa shape index (κ2) is 4.01. The predicted molar refractivity (Wildman–Crippen MR) is 79.1 cm³/mol. The van der Waals surface area contributed by atoms with E-state index in [1.54, 1.807) is 0 Å². The molecule has 3 aromatic carbocycles. The van der Waals surface area contributed by atoms with Crippen molar-refractivity contribution in [3.63, 3.8) is 0 Å². The van der Waals surface area contributed by atoms with Crippen molar-refractivity contribution < 1.29 is 9.59 Å². The van der Waals surface area contributed by atoms with Crippen LogP contribution < -0.4 is 0 Å². The van der Waals surface area contributed by atoms with Crippen LogP contribution >= 0.6 is 0 Å². The van der Waals surface area contributed by atoms with Gasteiger partial charge in [0.1, 0.15) is 5.78 Å². The van der Waals surface area contributed by atoms with E-state index in [2.05, 4.69) is 12.1 Å². The van der Waals surface area contributed by atoms with Gasteiger partial charge in [0, 0.05) is 12.0 Å². The fourth-order valence-electron chi connectivity index (χ4n) is 3.15. The molecular weight excluding hydrogens is 248 g/mol. The van der Waals surface area contributed by atoms with E-state index in [0.717, 1.165) is 27.3 Å². The third-order valence-electron chi connectivity index (χ3n) is 4.04. The fourth-order valence-corrected chi connectivity index (χ4v) is 3.15. The lowest BCUT2D eigenvalue weighted by atomic mass is 9.85. The van der Waals surface area contributed by atoms with Gasteiger partial charge in [-0.1, -0.05) is 48.5 Å². The monoisotopic (exact) mass is 260 g/mol. The average molecular weight is 260 g/mol. The Morgan fingerprint density at radius 2 is 1.50 bits per heavy atom. The third-order valence-corrected chi connectivity index (χ3v) is 4.04. The number of Topliss-reactive ketones (excluding diaryl/α,β-unsaturated/α-hetero) is 2. The largest absolute Gasteiger partial charge is 0.299 e. The van der Waals surface area contributed by atoms with Crippen molar-refractivity contribution in [3.8, 4) is 0 Å². The number of hydrogen-bond acceptors (Lipinski definition) is 2. The van der Waals surface area contributed by atoms with Gasteiger partial charge >= 0.3 is 0 Å². The van der Waals surface area contributed by atoms with Crippen LogP contribution in [0.2, 0.25) is 0 Å². The van der Waals surface area contributed by atoms with E-state index in [-0.39, 0.29) is 18.0 Å². The summed E-state index contributed by atoms with van der Waals surface area (Å²) in [6, 6.07) is 16.2. The number of hydrogen-bond donors (Lipinski definition) is 0. The summed E-state index contributed by atoms with van der Waals surface area (Å²) in [5.74, 6) is -0.0280. The van der Waals surface area contributed by atoms with Crippen molar-refractivity contribution in [1.29, 1.82) is 0 Å². The summed E-state index contributed by atoms with van der Waals surface area (Å²) in [7, 11) is 0. The highest BCUT2D eigenvalue weighted by atomic mass is 16.1. The number of ketones is 2. The summed E-state index contributed by atoms with van der Waals surface area (Å²) in [5.41, 5.74) is 1.61. The van der Waals surface area contributed by atoms with Gasteiger partial charge in [-0.15, -0.1) is 0 Å². The van der Waals surface area contributed by atoms with Crippen LogP contribution in [0.3, 0.4) is 0 Å². The van der Waals surface area contributed by atoms with E-state index in [1.165, 1.54) is 5.39 Å². The number of rotatable bonds is 0. The first kappa shape index (κ1) is 11.4. The molecule has 0 heterocycles. The topological polar surface area (TPSA) is 34.1 Å². The number of fused-ring (bicyclic) bond motifs is 5. The molecule has 3 aromatic rings. The molecule has 20 heavy (non-hydrogen) atoms. The van der Waals surface area contributed by atoms with Crippen LogP contribution in [0.15, 0.2) is 48.5 Å². The molecule has 1 aliphatic carbocycles. The second-order valence-corrected chi connectivity index (χ2v) is 5.30. The minimum absolute atomic E-state index is 0.0163. The third kappa shape index (κ3) is 1.51. The van der Waals surface area contributed by atoms with Crippen molar-refractivity contribution >= 4 is 33.1 Å². The number of carbonyl (C=O) groups is 2. The maximum atomic E-state index is 12.2. The van der Waals surface area contributed by atoms with Gasteiger partial charge in [-0.25, -0.2) is 0 Å². The van der Waals surface area contributed by atoms with Crippen LogP contribution in [-0.2, 0) is 11.2 Å². The lowest BCUT2D eigenvalue weighted by Gasteiger charge is -2.17. The van der Waals surface area contributed by atoms with Crippen LogP contribution in [0.25, 0.3) is 21.5 Å². The van der Waals surface area contributed by atoms with E-state index in [0.29, 0.717) is 6.42 Å². The normalized spacial score (nSPS) is 14.8. The van der Waals surface area contributed by atoms with Gasteiger partial charge in [0.15, 0.2) is 5.78 Å². The molecule has 0 bridgehead atoms. The molecule has 96 valence electrons. The second-order valence-electron chi connectivity index (χ2n) is 5.30. The van der Waals surface area contributed by atoms with Crippen LogP contribution in [0.1, 0.15) is 22.3 Å². The Morgan fingerprint density at radius 1 is 0.700 bits per heavy atom. The van der Waals surface area contributed by atoms with Gasteiger partial charge in [0.05, 0.1) is 6.42 Å². The maximum Gasteiger partial charge on any atom is 0.171 e. The van der Waals surface area contributed by atoms with E-state index in [9.17, 15) is 9.59 Å². The van der Waals surface area contributed by atoms with Crippen LogP contribution in [0.4, 0.5) is 0 Å². The van der Waals surface area contributed by atoms with Crippen molar-refractivity contribution in [2.75, 3.05) is 0 Å². The van der Waals surface area contributed by atoms with E-state index in [1.807, 2.05) is 36.4 Å². The Morgan fingerprint density at radius 3 is 2.40 bits per heavy atom. The highest BCUT2D eigenvalue weighted by Gasteiger charge is 2.25. The molecule has 4 rings (SSSR count). The van der Waals surface area contributed by atoms with E-state index >= 15 is 0 Å². The van der Waals surface area contributed by atoms with Gasteiger partial charge in [-0.2, -0.15) is 0 Å². The minimum Gasteiger partial charge on any atom is -0.299 e. The van der Waals surface area contributed by atoms with Crippen molar-refractivity contribution in [1.82, 2.24) is 0 Å². The molecule has 0 aliphatic heterocycles. The Hall–Kier alpha value is -2.48. The molecular formula is C18H12O2. The van der Waals surface area contributed by atoms with E-state index in [4.69, 9.17) is 0 Å². The minimum atomic E-state index is -0.0443. The lowest BCUT2D eigenvalue weighted by Crippen LogP contribution is -2.19. The first-order valence-electron chi connectivity index (χ1n) is 6.72. The van der Waals surface area contributed by atoms with E-state index < -0.39 is 0 Å². The molecule has 0 aromatic heterocycles. The average Bonchev–Trinajstić information content (AvgIpc) is 2.46. The molecule has 0 N–H and O–H groups in total. The van der Waals surface area contributed by atoms with Crippen LogP contribution in [0, 0.1) is 0 Å². The first-order chi connectivity index (χ1) is 9.74. The smallest absolute Gasteiger partial charge is 0.171 e. The van der Waals surface area contributed by atoms with Crippen molar-refractivity contribution in [2.24, 2.45) is 0 Å². The van der Waals surface area contributed by atoms with Crippen molar-refractivity contribution in [3.05, 3.63) is 59.7 Å². The molecule has 0 unspecified atom stereocenters. The Labute approximate surface area is 116 Å². The van der Waals surface area contributed by atoms with Crippen LogP contribution in [0.5, 0.6) is 0 Å². The molecule has 2 nitrogen and oxygen atoms in total. The molecule has 0 atom stereocenters. The van der Waals surface area contributed by atoms with Gasteiger partial charge in [-0.05, 0) is 27.1 Å². The SMILES string of the molecule is O=C1CC(=O)c2c(ccc3c2ccc2ccccc23)C1. The van der Waals surface area contributed by atoms with Gasteiger partial charge in [0.25, 0.3) is 0 Å². The number of benzene rings is 3. The zero-order chi connectivity index (χ0) is 13.7. The zero-order valence-electron chi connectivity index (χ0n) is 10.8. The molecule has 0 saturated carbocycles. The highest BCUT2D eigenvalue weighted by Crippen LogP contribution is 2.32.